The number of thiocarbonyl (C=S) groups is 1. The highest BCUT2D eigenvalue weighted by molar-refractivity contribution is 7.80. The zero-order valence-corrected chi connectivity index (χ0v) is 8.13. The molecule has 0 radical (unpaired) electrons. The maximum Gasteiger partial charge on any atom is -0.00461 e. The van der Waals surface area contributed by atoms with Gasteiger partial charge in [0.25, 0.3) is 0 Å². The van der Waals surface area contributed by atoms with Gasteiger partial charge in [0.05, 0.1) is 0 Å². The van der Waals surface area contributed by atoms with Crippen LogP contribution < -0.4 is 0 Å². The molecule has 0 rings (SSSR count). The minimum absolute atomic E-state index is 0.604. The van der Waals surface area contributed by atoms with E-state index in [0.29, 0.717) is 5.92 Å². The molecule has 0 aromatic carbocycles. The summed E-state index contributed by atoms with van der Waals surface area (Å²) in [6.45, 7) is 6.57. The topological polar surface area (TPSA) is 0 Å². The maximum absolute atomic E-state index is 5.19. The molecule has 0 N–H and O–H groups in total. The molecule has 0 nitrogen and oxygen atoms in total. The highest BCUT2D eigenvalue weighted by Gasteiger charge is 2.00. The van der Waals surface area contributed by atoms with Crippen LogP contribution in [0.2, 0.25) is 0 Å². The Labute approximate surface area is 70.0 Å². The summed E-state index contributed by atoms with van der Waals surface area (Å²) in [7, 11) is 0. The second-order valence-corrected chi connectivity index (χ2v) is 3.60. The van der Waals surface area contributed by atoms with Crippen LogP contribution in [0.15, 0.2) is 0 Å². The Morgan fingerprint density at radius 3 is 2.30 bits per heavy atom. The smallest absolute Gasteiger partial charge is 0.00461 e. The number of hydrogen-bond acceptors (Lipinski definition) is 1. The molecule has 0 fully saturated rings. The van der Waals surface area contributed by atoms with Crippen molar-refractivity contribution >= 4 is 17.1 Å². The Morgan fingerprint density at radius 2 is 1.90 bits per heavy atom. The lowest BCUT2D eigenvalue weighted by atomic mass is 10.0. The minimum atomic E-state index is 0.604. The molecule has 0 aliphatic carbocycles. The molecule has 0 spiro atoms. The van der Waals surface area contributed by atoms with E-state index in [4.69, 9.17) is 12.2 Å². The van der Waals surface area contributed by atoms with E-state index in [2.05, 4.69) is 20.8 Å². The normalized spacial score (nSPS) is 10.4. The van der Waals surface area contributed by atoms with Crippen LogP contribution in [0.5, 0.6) is 0 Å². The zero-order valence-electron chi connectivity index (χ0n) is 7.31. The summed E-state index contributed by atoms with van der Waals surface area (Å²) in [5.41, 5.74) is 0. The van der Waals surface area contributed by atoms with Crippen LogP contribution in [0.1, 0.15) is 46.5 Å². The summed E-state index contributed by atoms with van der Waals surface area (Å²) < 4.78 is 0. The Bertz CT molecular complexity index is 94.9. The Balaban J connectivity index is 3.22. The Hall–Kier alpha value is 0.0900. The van der Waals surface area contributed by atoms with Crippen LogP contribution in [-0.4, -0.2) is 4.86 Å². The van der Waals surface area contributed by atoms with Crippen LogP contribution in [0, 0.1) is 5.92 Å². The molecule has 0 saturated carbocycles. The highest BCUT2D eigenvalue weighted by atomic mass is 32.1. The lowest BCUT2D eigenvalue weighted by Crippen LogP contribution is -2.03. The molecule has 60 valence electrons. The van der Waals surface area contributed by atoms with Crippen molar-refractivity contribution in [1.82, 2.24) is 0 Å². The van der Waals surface area contributed by atoms with Gasteiger partial charge < -0.3 is 0 Å². The first kappa shape index (κ1) is 10.1. The lowest BCUT2D eigenvalue weighted by molar-refractivity contribution is 0.727. The Morgan fingerprint density at radius 1 is 1.30 bits per heavy atom. The summed E-state index contributed by atoms with van der Waals surface area (Å²) >= 11 is 5.19. The van der Waals surface area contributed by atoms with Gasteiger partial charge in [0, 0.05) is 0 Å². The van der Waals surface area contributed by atoms with Crippen LogP contribution >= 0.6 is 12.2 Å². The van der Waals surface area contributed by atoms with E-state index in [-0.39, 0.29) is 0 Å². The van der Waals surface area contributed by atoms with E-state index in [9.17, 15) is 0 Å². The third-order valence-corrected chi connectivity index (χ3v) is 2.35. The van der Waals surface area contributed by atoms with Crippen LogP contribution in [0.25, 0.3) is 0 Å². The van der Waals surface area contributed by atoms with E-state index >= 15 is 0 Å². The van der Waals surface area contributed by atoms with Crippen molar-refractivity contribution in [1.29, 1.82) is 0 Å². The predicted octanol–water partition coefficient (Wildman–Crippen LogP) is 3.59. The fraction of sp³-hybridized carbons (Fsp3) is 0.889. The molecular formula is C9H18S. The monoisotopic (exact) mass is 158 g/mol. The third kappa shape index (κ3) is 4.92. The van der Waals surface area contributed by atoms with Crippen molar-refractivity contribution in [2.45, 2.75) is 46.5 Å². The van der Waals surface area contributed by atoms with Crippen LogP contribution in [0.3, 0.4) is 0 Å². The van der Waals surface area contributed by atoms with Gasteiger partial charge in [-0.3, -0.25) is 0 Å². The van der Waals surface area contributed by atoms with Gasteiger partial charge >= 0.3 is 0 Å². The number of rotatable bonds is 5. The van der Waals surface area contributed by atoms with Gasteiger partial charge in [-0.25, -0.2) is 0 Å². The summed E-state index contributed by atoms with van der Waals surface area (Å²) in [4.78, 5) is 1.24. The molecule has 0 bridgehead atoms. The van der Waals surface area contributed by atoms with Gasteiger partial charge in [-0.05, 0) is 23.6 Å². The molecule has 0 heterocycles. The van der Waals surface area contributed by atoms with Gasteiger partial charge in [-0.15, -0.1) is 0 Å². The zero-order chi connectivity index (χ0) is 7.98. The van der Waals surface area contributed by atoms with Crippen molar-refractivity contribution in [2.75, 3.05) is 0 Å². The molecule has 0 atom stereocenters. The molecule has 0 unspecified atom stereocenters. The number of hydrogen-bond donors (Lipinski definition) is 0. The average Bonchev–Trinajstić information content (AvgIpc) is 1.88. The molecule has 0 aromatic rings. The molecule has 0 saturated heterocycles. The molecule has 0 aromatic heterocycles. The summed E-state index contributed by atoms with van der Waals surface area (Å²) in [6, 6.07) is 0. The summed E-state index contributed by atoms with van der Waals surface area (Å²) in [6.07, 6.45) is 5.06. The molecule has 1 heteroatoms. The third-order valence-electron chi connectivity index (χ3n) is 1.67. The molecule has 10 heavy (non-hydrogen) atoms. The largest absolute Gasteiger partial charge is 0.0894 e. The van der Waals surface area contributed by atoms with Gasteiger partial charge in [0.1, 0.15) is 0 Å². The van der Waals surface area contributed by atoms with E-state index in [0.717, 1.165) is 6.42 Å². The standard InChI is InChI=1S/C9H18S/c1-4-5-6-7-9(10)8(2)3/h8H,4-7H2,1-3H3. The first-order chi connectivity index (χ1) is 4.68. The second-order valence-electron chi connectivity index (χ2n) is 3.08. The van der Waals surface area contributed by atoms with E-state index in [1.54, 1.807) is 0 Å². The van der Waals surface area contributed by atoms with Crippen molar-refractivity contribution in [3.63, 3.8) is 0 Å². The molecular weight excluding hydrogens is 140 g/mol. The summed E-state index contributed by atoms with van der Waals surface area (Å²) in [5, 5.41) is 0. The van der Waals surface area contributed by atoms with Crippen molar-refractivity contribution in [3.05, 3.63) is 0 Å². The number of unbranched alkanes of at least 4 members (excludes halogenated alkanes) is 2. The average molecular weight is 158 g/mol. The van der Waals surface area contributed by atoms with Gasteiger partial charge in [0.15, 0.2) is 0 Å². The quantitative estimate of drug-likeness (QED) is 0.435. The fourth-order valence-corrected chi connectivity index (χ4v) is 0.982. The van der Waals surface area contributed by atoms with Crippen molar-refractivity contribution in [3.8, 4) is 0 Å². The predicted molar refractivity (Wildman–Crippen MR) is 51.6 cm³/mol. The van der Waals surface area contributed by atoms with Crippen molar-refractivity contribution < 1.29 is 0 Å². The van der Waals surface area contributed by atoms with Gasteiger partial charge in [-0.1, -0.05) is 45.8 Å². The van der Waals surface area contributed by atoms with E-state index in [1.165, 1.54) is 24.1 Å². The van der Waals surface area contributed by atoms with Crippen molar-refractivity contribution in [2.24, 2.45) is 5.92 Å². The van der Waals surface area contributed by atoms with Crippen LogP contribution in [0.4, 0.5) is 0 Å². The maximum atomic E-state index is 5.19. The Kier molecular flexibility index (Phi) is 5.90. The molecule has 0 aliphatic rings. The van der Waals surface area contributed by atoms with Gasteiger partial charge in [-0.2, -0.15) is 0 Å². The SMILES string of the molecule is CCCCCC(=S)C(C)C. The first-order valence-corrected chi connectivity index (χ1v) is 4.62. The fourth-order valence-electron chi connectivity index (χ4n) is 0.838. The minimum Gasteiger partial charge on any atom is -0.0894 e. The lowest BCUT2D eigenvalue weighted by Gasteiger charge is -2.05. The molecule has 0 amide bonds. The second kappa shape index (κ2) is 5.84. The van der Waals surface area contributed by atoms with Crippen LogP contribution in [-0.2, 0) is 0 Å². The first-order valence-electron chi connectivity index (χ1n) is 4.21. The summed E-state index contributed by atoms with van der Waals surface area (Å²) in [5.74, 6) is 0.604. The van der Waals surface area contributed by atoms with Gasteiger partial charge in [0.2, 0.25) is 0 Å². The van der Waals surface area contributed by atoms with E-state index < -0.39 is 0 Å². The highest BCUT2D eigenvalue weighted by Crippen LogP contribution is 2.07. The molecule has 0 aliphatic heterocycles. The van der Waals surface area contributed by atoms with E-state index in [1.807, 2.05) is 0 Å².